The van der Waals surface area contributed by atoms with Crippen molar-refractivity contribution in [1.29, 1.82) is 0 Å². The number of rotatable bonds is 4. The predicted octanol–water partition coefficient (Wildman–Crippen LogP) is 1.14. The van der Waals surface area contributed by atoms with E-state index in [2.05, 4.69) is 25.4 Å². The molecule has 1 rings (SSSR count). The van der Waals surface area contributed by atoms with Crippen molar-refractivity contribution in [3.05, 3.63) is 34.1 Å². The third-order valence-corrected chi connectivity index (χ3v) is 3.28. The van der Waals surface area contributed by atoms with Crippen molar-refractivity contribution in [3.8, 4) is 0 Å². The van der Waals surface area contributed by atoms with Crippen molar-refractivity contribution in [2.45, 2.75) is 6.54 Å². The van der Waals surface area contributed by atoms with Crippen molar-refractivity contribution in [1.82, 2.24) is 9.44 Å². The zero-order chi connectivity index (χ0) is 11.5. The Kier molecular flexibility index (Phi) is 4.21. The summed E-state index contributed by atoms with van der Waals surface area (Å²) in [6.45, 7) is -0.0888. The molecule has 0 heterocycles. The van der Waals surface area contributed by atoms with Crippen molar-refractivity contribution in [3.63, 3.8) is 0 Å². The van der Waals surface area contributed by atoms with Crippen molar-refractivity contribution >= 4 is 26.1 Å². The molecule has 0 bridgehead atoms. The fourth-order valence-corrected chi connectivity index (χ4v) is 1.82. The third kappa shape index (κ3) is 3.86. The molecular formula is C8H10BrFN2O2S. The quantitative estimate of drug-likeness (QED) is 0.875. The molecule has 1 aromatic rings. The first-order valence-corrected chi connectivity index (χ1v) is 6.34. The minimum Gasteiger partial charge on any atom is -0.207 e. The Labute approximate surface area is 96.2 Å². The Morgan fingerprint density at radius 2 is 2.13 bits per heavy atom. The second-order valence-electron chi connectivity index (χ2n) is 2.76. The van der Waals surface area contributed by atoms with E-state index < -0.39 is 16.0 Å². The molecule has 2 N–H and O–H groups in total. The van der Waals surface area contributed by atoms with Crippen LogP contribution in [0.1, 0.15) is 5.56 Å². The van der Waals surface area contributed by atoms with Crippen LogP contribution in [0.25, 0.3) is 0 Å². The summed E-state index contributed by atoms with van der Waals surface area (Å²) in [6.07, 6.45) is 0. The number of benzene rings is 1. The van der Waals surface area contributed by atoms with Gasteiger partial charge in [-0.15, -0.1) is 0 Å². The molecule has 4 nitrogen and oxygen atoms in total. The Hall–Kier alpha value is -0.500. The largest absolute Gasteiger partial charge is 0.276 e. The topological polar surface area (TPSA) is 58.2 Å². The third-order valence-electron chi connectivity index (χ3n) is 1.73. The van der Waals surface area contributed by atoms with Gasteiger partial charge in [-0.2, -0.15) is 13.1 Å². The summed E-state index contributed by atoms with van der Waals surface area (Å²) < 4.78 is 40.2. The first-order valence-electron chi connectivity index (χ1n) is 4.06. The highest BCUT2D eigenvalue weighted by Gasteiger charge is 2.08. The first-order chi connectivity index (χ1) is 6.94. The maximum absolute atomic E-state index is 13.2. The van der Waals surface area contributed by atoms with Gasteiger partial charge in [0.05, 0.1) is 0 Å². The summed E-state index contributed by atoms with van der Waals surface area (Å²) in [6, 6.07) is 4.34. The number of nitrogens with one attached hydrogen (secondary N) is 2. The van der Waals surface area contributed by atoms with E-state index in [1.807, 2.05) is 0 Å². The minimum atomic E-state index is -3.53. The van der Waals surface area contributed by atoms with Crippen LogP contribution in [0.4, 0.5) is 4.39 Å². The van der Waals surface area contributed by atoms with Gasteiger partial charge in [0.2, 0.25) is 0 Å². The Bertz CT molecular complexity index is 450. The molecule has 0 aliphatic rings. The molecule has 84 valence electrons. The van der Waals surface area contributed by atoms with E-state index in [9.17, 15) is 12.8 Å². The van der Waals surface area contributed by atoms with Crippen LogP contribution in [0.2, 0.25) is 0 Å². The fourth-order valence-electron chi connectivity index (χ4n) is 0.924. The molecule has 1 aromatic carbocycles. The number of hydrogen-bond acceptors (Lipinski definition) is 2. The van der Waals surface area contributed by atoms with Gasteiger partial charge < -0.3 is 0 Å². The van der Waals surface area contributed by atoms with E-state index in [4.69, 9.17) is 0 Å². The lowest BCUT2D eigenvalue weighted by Gasteiger charge is -2.06. The maximum Gasteiger partial charge on any atom is 0.276 e. The molecular weight excluding hydrogens is 287 g/mol. The molecule has 0 aliphatic carbocycles. The van der Waals surface area contributed by atoms with Gasteiger partial charge in [0.1, 0.15) is 5.82 Å². The SMILES string of the molecule is CNS(=O)(=O)NCc1cc(Br)ccc1F. The molecule has 0 radical (unpaired) electrons. The average Bonchev–Trinajstić information content (AvgIpc) is 2.20. The van der Waals surface area contributed by atoms with Gasteiger partial charge >= 0.3 is 0 Å². The van der Waals surface area contributed by atoms with Gasteiger partial charge in [0.15, 0.2) is 0 Å². The van der Waals surface area contributed by atoms with Crippen LogP contribution >= 0.6 is 15.9 Å². The maximum atomic E-state index is 13.2. The standard InChI is InChI=1S/C8H10BrFN2O2S/c1-11-15(13,14)12-5-6-4-7(9)2-3-8(6)10/h2-4,11-12H,5H2,1H3. The van der Waals surface area contributed by atoms with Crippen LogP contribution in [-0.4, -0.2) is 15.5 Å². The van der Waals surface area contributed by atoms with Gasteiger partial charge in [0, 0.05) is 23.6 Å². The van der Waals surface area contributed by atoms with Crippen molar-refractivity contribution in [2.75, 3.05) is 7.05 Å². The fraction of sp³-hybridized carbons (Fsp3) is 0.250. The number of halogens is 2. The molecule has 0 aromatic heterocycles. The summed E-state index contributed by atoms with van der Waals surface area (Å²) >= 11 is 3.17. The Morgan fingerprint density at radius 3 is 2.73 bits per heavy atom. The highest BCUT2D eigenvalue weighted by atomic mass is 79.9. The molecule has 0 fully saturated rings. The number of hydrogen-bond donors (Lipinski definition) is 2. The van der Waals surface area contributed by atoms with Gasteiger partial charge in [-0.3, -0.25) is 0 Å². The second kappa shape index (κ2) is 5.02. The van der Waals surface area contributed by atoms with Crippen LogP contribution in [-0.2, 0) is 16.8 Å². The van der Waals surface area contributed by atoms with Crippen LogP contribution in [0.5, 0.6) is 0 Å². The zero-order valence-electron chi connectivity index (χ0n) is 7.92. The highest BCUT2D eigenvalue weighted by Crippen LogP contribution is 2.15. The smallest absolute Gasteiger partial charge is 0.207 e. The summed E-state index contributed by atoms with van der Waals surface area (Å²) in [5.74, 6) is -0.447. The highest BCUT2D eigenvalue weighted by molar-refractivity contribution is 9.10. The lowest BCUT2D eigenvalue weighted by atomic mass is 10.2. The van der Waals surface area contributed by atoms with E-state index in [0.29, 0.717) is 4.47 Å². The second-order valence-corrected chi connectivity index (χ2v) is 5.38. The summed E-state index contributed by atoms with van der Waals surface area (Å²) in [5, 5.41) is 0. The van der Waals surface area contributed by atoms with E-state index in [1.165, 1.54) is 19.2 Å². The van der Waals surface area contributed by atoms with Crippen LogP contribution in [0.15, 0.2) is 22.7 Å². The minimum absolute atomic E-state index is 0.0888. The van der Waals surface area contributed by atoms with Crippen molar-refractivity contribution in [2.24, 2.45) is 0 Å². The molecule has 15 heavy (non-hydrogen) atoms. The Morgan fingerprint density at radius 1 is 1.47 bits per heavy atom. The van der Waals surface area contributed by atoms with Crippen LogP contribution < -0.4 is 9.44 Å². The first kappa shape index (κ1) is 12.6. The molecule has 0 spiro atoms. The zero-order valence-corrected chi connectivity index (χ0v) is 10.3. The average molecular weight is 297 g/mol. The van der Waals surface area contributed by atoms with Gasteiger partial charge in [-0.1, -0.05) is 15.9 Å². The normalized spacial score (nSPS) is 11.7. The molecule has 0 amide bonds. The van der Waals surface area contributed by atoms with Gasteiger partial charge in [0.25, 0.3) is 10.2 Å². The molecule has 0 atom stereocenters. The molecule has 0 unspecified atom stereocenters. The predicted molar refractivity (Wildman–Crippen MR) is 58.9 cm³/mol. The monoisotopic (exact) mass is 296 g/mol. The molecule has 0 aliphatic heterocycles. The van der Waals surface area contributed by atoms with E-state index in [-0.39, 0.29) is 12.1 Å². The molecule has 0 saturated heterocycles. The summed E-state index contributed by atoms with van der Waals surface area (Å²) in [7, 11) is -2.25. The van der Waals surface area contributed by atoms with E-state index >= 15 is 0 Å². The Balaban J connectivity index is 2.78. The molecule has 0 saturated carbocycles. The summed E-state index contributed by atoms with van der Waals surface area (Å²) in [4.78, 5) is 0. The lowest BCUT2D eigenvalue weighted by Crippen LogP contribution is -2.33. The molecule has 7 heteroatoms. The summed E-state index contributed by atoms with van der Waals surface area (Å²) in [5.41, 5.74) is 0.281. The van der Waals surface area contributed by atoms with Crippen LogP contribution in [0.3, 0.4) is 0 Å². The van der Waals surface area contributed by atoms with Crippen molar-refractivity contribution < 1.29 is 12.8 Å². The lowest BCUT2D eigenvalue weighted by molar-refractivity contribution is 0.567. The van der Waals surface area contributed by atoms with E-state index in [0.717, 1.165) is 0 Å². The van der Waals surface area contributed by atoms with E-state index in [1.54, 1.807) is 6.07 Å². The van der Waals surface area contributed by atoms with Crippen LogP contribution in [0, 0.1) is 5.82 Å². The van der Waals surface area contributed by atoms with Gasteiger partial charge in [-0.05, 0) is 18.2 Å². The van der Waals surface area contributed by atoms with Gasteiger partial charge in [-0.25, -0.2) is 9.11 Å².